The van der Waals surface area contributed by atoms with Gasteiger partial charge in [-0.3, -0.25) is 9.78 Å². The summed E-state index contributed by atoms with van der Waals surface area (Å²) in [6.45, 7) is 0.800. The lowest BCUT2D eigenvalue weighted by Crippen LogP contribution is -2.11. The van der Waals surface area contributed by atoms with E-state index in [0.717, 1.165) is 13.0 Å². The van der Waals surface area contributed by atoms with Crippen molar-refractivity contribution < 1.29 is 0 Å². The smallest absolute Gasteiger partial charge is 0.204 e. The van der Waals surface area contributed by atoms with Gasteiger partial charge in [-0.05, 0) is 24.1 Å². The third-order valence-electron chi connectivity index (χ3n) is 2.41. The van der Waals surface area contributed by atoms with E-state index in [4.69, 9.17) is 5.73 Å². The number of nitrogens with two attached hydrogens (primary N) is 1. The SMILES string of the molecule is Nc1cn(CCc2ccncc2)ccc1=O. The van der Waals surface area contributed by atoms with E-state index >= 15 is 0 Å². The molecule has 4 nitrogen and oxygen atoms in total. The van der Waals surface area contributed by atoms with Gasteiger partial charge in [0.25, 0.3) is 0 Å². The van der Waals surface area contributed by atoms with E-state index in [1.54, 1.807) is 24.8 Å². The number of nitrogens with zero attached hydrogens (tertiary/aromatic N) is 2. The molecular weight excluding hydrogens is 202 g/mol. The molecule has 4 heteroatoms. The molecule has 82 valence electrons. The molecule has 0 saturated carbocycles. The minimum absolute atomic E-state index is 0.125. The van der Waals surface area contributed by atoms with E-state index in [1.165, 1.54) is 11.6 Å². The van der Waals surface area contributed by atoms with Gasteiger partial charge < -0.3 is 10.3 Å². The van der Waals surface area contributed by atoms with Gasteiger partial charge in [-0.15, -0.1) is 0 Å². The number of rotatable bonds is 3. The minimum Gasteiger partial charge on any atom is -0.394 e. The van der Waals surface area contributed by atoms with Crippen LogP contribution in [0.2, 0.25) is 0 Å². The zero-order valence-electron chi connectivity index (χ0n) is 8.84. The lowest BCUT2D eigenvalue weighted by Gasteiger charge is -2.06. The second-order valence-corrected chi connectivity index (χ2v) is 3.61. The quantitative estimate of drug-likeness (QED) is 0.833. The fourth-order valence-electron chi connectivity index (χ4n) is 1.49. The summed E-state index contributed by atoms with van der Waals surface area (Å²) in [5.74, 6) is 0. The zero-order chi connectivity index (χ0) is 11.4. The van der Waals surface area contributed by atoms with Gasteiger partial charge in [0.2, 0.25) is 5.43 Å². The molecule has 0 saturated heterocycles. The van der Waals surface area contributed by atoms with Crippen LogP contribution < -0.4 is 11.2 Å². The topological polar surface area (TPSA) is 60.9 Å². The van der Waals surface area contributed by atoms with Gasteiger partial charge >= 0.3 is 0 Å². The molecule has 2 heterocycles. The molecular formula is C12H13N3O. The Morgan fingerprint density at radius 3 is 2.69 bits per heavy atom. The Bertz CT molecular complexity index is 519. The highest BCUT2D eigenvalue weighted by Gasteiger charge is 1.96. The van der Waals surface area contributed by atoms with Crippen LogP contribution in [0.25, 0.3) is 0 Å². The summed E-state index contributed by atoms with van der Waals surface area (Å²) in [5, 5.41) is 0. The lowest BCUT2D eigenvalue weighted by molar-refractivity contribution is 0.691. The summed E-state index contributed by atoms with van der Waals surface area (Å²) >= 11 is 0. The molecule has 0 radical (unpaired) electrons. The number of hydrogen-bond acceptors (Lipinski definition) is 3. The van der Waals surface area contributed by atoms with Crippen LogP contribution in [0.3, 0.4) is 0 Å². The van der Waals surface area contributed by atoms with E-state index in [9.17, 15) is 4.79 Å². The summed E-state index contributed by atoms with van der Waals surface area (Å²) in [6.07, 6.45) is 7.86. The Morgan fingerprint density at radius 1 is 1.25 bits per heavy atom. The van der Waals surface area contributed by atoms with Gasteiger partial charge in [-0.25, -0.2) is 0 Å². The molecule has 0 unspecified atom stereocenters. The van der Waals surface area contributed by atoms with Gasteiger partial charge in [0, 0.05) is 37.4 Å². The van der Waals surface area contributed by atoms with Gasteiger partial charge in [0.15, 0.2) is 0 Å². The van der Waals surface area contributed by atoms with Crippen molar-refractivity contribution in [2.45, 2.75) is 13.0 Å². The van der Waals surface area contributed by atoms with Gasteiger partial charge in [0.05, 0.1) is 5.69 Å². The molecule has 0 aliphatic rings. The van der Waals surface area contributed by atoms with E-state index < -0.39 is 0 Å². The molecule has 0 spiro atoms. The van der Waals surface area contributed by atoms with E-state index in [1.807, 2.05) is 16.7 Å². The summed E-state index contributed by atoms with van der Waals surface area (Å²) in [5.41, 5.74) is 6.93. The average molecular weight is 215 g/mol. The van der Waals surface area contributed by atoms with E-state index in [2.05, 4.69) is 4.98 Å². The highest BCUT2D eigenvalue weighted by Crippen LogP contribution is 2.01. The highest BCUT2D eigenvalue weighted by molar-refractivity contribution is 5.33. The van der Waals surface area contributed by atoms with Crippen molar-refractivity contribution >= 4 is 5.69 Å². The van der Waals surface area contributed by atoms with Crippen LogP contribution in [0, 0.1) is 0 Å². The first-order valence-electron chi connectivity index (χ1n) is 5.10. The van der Waals surface area contributed by atoms with Crippen molar-refractivity contribution in [2.24, 2.45) is 0 Å². The number of nitrogen functional groups attached to an aromatic ring is 1. The van der Waals surface area contributed by atoms with Crippen molar-refractivity contribution in [3.05, 3.63) is 58.8 Å². The maximum absolute atomic E-state index is 11.1. The monoisotopic (exact) mass is 215 g/mol. The fourth-order valence-corrected chi connectivity index (χ4v) is 1.49. The molecule has 2 N–H and O–H groups in total. The number of pyridine rings is 2. The molecule has 0 amide bonds. The van der Waals surface area contributed by atoms with Gasteiger partial charge in [-0.1, -0.05) is 0 Å². The Morgan fingerprint density at radius 2 is 2.00 bits per heavy atom. The van der Waals surface area contributed by atoms with Crippen molar-refractivity contribution in [2.75, 3.05) is 5.73 Å². The fraction of sp³-hybridized carbons (Fsp3) is 0.167. The predicted molar refractivity (Wildman–Crippen MR) is 63.1 cm³/mol. The summed E-state index contributed by atoms with van der Waals surface area (Å²) in [6, 6.07) is 5.44. The average Bonchev–Trinajstić information content (AvgIpc) is 2.32. The zero-order valence-corrected chi connectivity index (χ0v) is 8.84. The van der Waals surface area contributed by atoms with Crippen molar-refractivity contribution in [3.63, 3.8) is 0 Å². The Hall–Kier alpha value is -2.10. The highest BCUT2D eigenvalue weighted by atomic mass is 16.1. The maximum atomic E-state index is 11.1. The standard InChI is InChI=1S/C12H13N3O/c13-11-9-15(8-4-12(11)16)7-3-10-1-5-14-6-2-10/h1-2,4-6,8-9H,3,7,13H2. The number of aromatic nitrogens is 2. The number of anilines is 1. The third kappa shape index (κ3) is 2.48. The summed E-state index contributed by atoms with van der Waals surface area (Å²) in [4.78, 5) is 15.1. The third-order valence-corrected chi connectivity index (χ3v) is 2.41. The second kappa shape index (κ2) is 4.61. The Kier molecular flexibility index (Phi) is 3.00. The Labute approximate surface area is 93.4 Å². The van der Waals surface area contributed by atoms with Crippen LogP contribution >= 0.6 is 0 Å². The maximum Gasteiger partial charge on any atom is 0.204 e. The first-order valence-corrected chi connectivity index (χ1v) is 5.10. The molecule has 16 heavy (non-hydrogen) atoms. The Balaban J connectivity index is 2.05. The second-order valence-electron chi connectivity index (χ2n) is 3.61. The largest absolute Gasteiger partial charge is 0.394 e. The van der Waals surface area contributed by atoms with Crippen LogP contribution in [0.4, 0.5) is 5.69 Å². The molecule has 0 aromatic carbocycles. The van der Waals surface area contributed by atoms with Crippen molar-refractivity contribution in [1.82, 2.24) is 9.55 Å². The first-order chi connectivity index (χ1) is 7.75. The molecule has 0 aliphatic heterocycles. The van der Waals surface area contributed by atoms with Gasteiger partial charge in [0.1, 0.15) is 0 Å². The lowest BCUT2D eigenvalue weighted by atomic mass is 10.2. The van der Waals surface area contributed by atoms with Crippen molar-refractivity contribution in [1.29, 1.82) is 0 Å². The minimum atomic E-state index is -0.125. The van der Waals surface area contributed by atoms with Crippen LogP contribution in [-0.2, 0) is 13.0 Å². The van der Waals surface area contributed by atoms with E-state index in [0.29, 0.717) is 0 Å². The molecule has 0 aliphatic carbocycles. The summed E-state index contributed by atoms with van der Waals surface area (Å²) in [7, 11) is 0. The normalized spacial score (nSPS) is 10.2. The van der Waals surface area contributed by atoms with E-state index in [-0.39, 0.29) is 11.1 Å². The summed E-state index contributed by atoms with van der Waals surface area (Å²) < 4.78 is 1.91. The molecule has 2 rings (SSSR count). The molecule has 2 aromatic heterocycles. The molecule has 0 bridgehead atoms. The molecule has 2 aromatic rings. The van der Waals surface area contributed by atoms with Gasteiger partial charge in [-0.2, -0.15) is 0 Å². The van der Waals surface area contributed by atoms with Crippen LogP contribution in [0.1, 0.15) is 5.56 Å². The number of aryl methyl sites for hydroxylation is 2. The van der Waals surface area contributed by atoms with Crippen LogP contribution in [0.15, 0.2) is 47.8 Å². The molecule has 0 fully saturated rings. The predicted octanol–water partition coefficient (Wildman–Crippen LogP) is 1.07. The van der Waals surface area contributed by atoms with Crippen LogP contribution in [0.5, 0.6) is 0 Å². The molecule has 0 atom stereocenters. The number of hydrogen-bond donors (Lipinski definition) is 1. The van der Waals surface area contributed by atoms with Crippen LogP contribution in [-0.4, -0.2) is 9.55 Å². The first kappa shape index (κ1) is 10.4. The van der Waals surface area contributed by atoms with Crippen molar-refractivity contribution in [3.8, 4) is 0 Å².